The highest BCUT2D eigenvalue weighted by molar-refractivity contribution is 5.92. The fourth-order valence-electron chi connectivity index (χ4n) is 2.03. The van der Waals surface area contributed by atoms with Crippen LogP contribution in [0.2, 0.25) is 0 Å². The summed E-state index contributed by atoms with van der Waals surface area (Å²) in [5.74, 6) is -3.11. The van der Waals surface area contributed by atoms with Crippen molar-refractivity contribution in [1.82, 2.24) is 16.0 Å². The van der Waals surface area contributed by atoms with Crippen LogP contribution in [0.3, 0.4) is 0 Å². The van der Waals surface area contributed by atoms with Crippen LogP contribution < -0.4 is 27.4 Å². The number of carbonyl (C=O) groups is 4. The molecule has 0 heterocycles. The van der Waals surface area contributed by atoms with E-state index < -0.39 is 35.8 Å². The molecule has 0 aromatic heterocycles. The van der Waals surface area contributed by atoms with Crippen LogP contribution in [0.4, 0.5) is 0 Å². The van der Waals surface area contributed by atoms with Crippen molar-refractivity contribution in [3.8, 4) is 0 Å². The number of amides is 3. The zero-order chi connectivity index (χ0) is 19.4. The highest BCUT2D eigenvalue weighted by Crippen LogP contribution is 2.05. The highest BCUT2D eigenvalue weighted by atomic mass is 16.4. The molecule has 2 unspecified atom stereocenters. The Morgan fingerprint density at radius 3 is 2.12 bits per heavy atom. The van der Waals surface area contributed by atoms with Gasteiger partial charge in [-0.3, -0.25) is 14.4 Å². The lowest BCUT2D eigenvalue weighted by molar-refractivity contribution is -0.143. The molecule has 0 saturated heterocycles. The Kier molecular flexibility index (Phi) is 11.1. The lowest BCUT2D eigenvalue weighted by Gasteiger charge is -2.23. The predicted octanol–water partition coefficient (Wildman–Crippen LogP) is -2.10. The summed E-state index contributed by atoms with van der Waals surface area (Å²) in [5, 5.41) is 16.4. The average Bonchev–Trinajstić information content (AvgIpc) is 2.55. The fraction of sp³-hybridized carbons (Fsp3) is 0.733. The molecule has 0 aromatic rings. The minimum atomic E-state index is -1.15. The molecular weight excluding hydrogens is 330 g/mol. The third-order valence-electron chi connectivity index (χ3n) is 3.46. The second-order valence-electron chi connectivity index (χ2n) is 5.95. The Labute approximate surface area is 147 Å². The van der Waals surface area contributed by atoms with Crippen molar-refractivity contribution in [2.24, 2.45) is 17.4 Å². The monoisotopic (exact) mass is 359 g/mol. The molecule has 144 valence electrons. The molecular formula is C15H29N5O5. The molecule has 0 aliphatic rings. The summed E-state index contributed by atoms with van der Waals surface area (Å²) in [6, 6.07) is -1.97. The maximum Gasteiger partial charge on any atom is 0.326 e. The first-order valence-electron chi connectivity index (χ1n) is 8.22. The molecule has 0 spiro atoms. The van der Waals surface area contributed by atoms with E-state index in [0.29, 0.717) is 25.8 Å². The first kappa shape index (κ1) is 22.8. The van der Waals surface area contributed by atoms with Crippen LogP contribution in [-0.4, -0.2) is 60.5 Å². The minimum absolute atomic E-state index is 0.248. The summed E-state index contributed by atoms with van der Waals surface area (Å²) in [6.45, 7) is 3.22. The van der Waals surface area contributed by atoms with Gasteiger partial charge in [-0.05, 0) is 31.7 Å². The molecule has 0 aromatic carbocycles. The van der Waals surface area contributed by atoms with Crippen molar-refractivity contribution < 1.29 is 24.3 Å². The number of carbonyl (C=O) groups excluding carboxylic acids is 3. The molecule has 0 radical (unpaired) electrons. The summed E-state index contributed by atoms with van der Waals surface area (Å²) in [7, 11) is 0. The summed E-state index contributed by atoms with van der Waals surface area (Å²) in [6.07, 6.45) is 1.56. The van der Waals surface area contributed by atoms with Gasteiger partial charge in [-0.25, -0.2) is 4.79 Å². The molecule has 0 fully saturated rings. The number of nitrogens with two attached hydrogens (primary N) is 2. The Morgan fingerprint density at radius 1 is 1.00 bits per heavy atom. The third kappa shape index (κ3) is 9.62. The molecule has 10 heteroatoms. The van der Waals surface area contributed by atoms with E-state index in [1.807, 2.05) is 0 Å². The quantitative estimate of drug-likeness (QED) is 0.216. The van der Waals surface area contributed by atoms with Gasteiger partial charge in [-0.1, -0.05) is 13.8 Å². The number of hydrogen-bond acceptors (Lipinski definition) is 6. The first-order valence-corrected chi connectivity index (χ1v) is 8.22. The summed E-state index contributed by atoms with van der Waals surface area (Å²) < 4.78 is 0. The van der Waals surface area contributed by atoms with E-state index in [-0.39, 0.29) is 19.0 Å². The standard InChI is InChI=1S/C15H29N5O5/c1-9(2)13(15(24)25)20-14(23)10(5-3-4-6-16)19-12(22)8-18-11(21)7-17/h9-10,13H,3-8,16-17H2,1-2H3,(H,18,21)(H,19,22)(H,20,23)(H,24,25). The number of hydrogen-bond donors (Lipinski definition) is 6. The van der Waals surface area contributed by atoms with Gasteiger partial charge in [0.25, 0.3) is 0 Å². The van der Waals surface area contributed by atoms with Crippen LogP contribution in [0.15, 0.2) is 0 Å². The molecule has 0 aliphatic carbocycles. The molecule has 0 saturated carbocycles. The lowest BCUT2D eigenvalue weighted by atomic mass is 10.0. The molecule has 0 aliphatic heterocycles. The topological polar surface area (TPSA) is 177 Å². The predicted molar refractivity (Wildman–Crippen MR) is 91.3 cm³/mol. The second kappa shape index (κ2) is 12.2. The number of nitrogens with one attached hydrogen (secondary N) is 3. The van der Waals surface area contributed by atoms with Crippen molar-refractivity contribution in [2.75, 3.05) is 19.6 Å². The van der Waals surface area contributed by atoms with Crippen molar-refractivity contribution in [3.05, 3.63) is 0 Å². The van der Waals surface area contributed by atoms with E-state index in [9.17, 15) is 19.2 Å². The van der Waals surface area contributed by atoms with Gasteiger partial charge in [0, 0.05) is 0 Å². The first-order chi connectivity index (χ1) is 11.7. The lowest BCUT2D eigenvalue weighted by Crippen LogP contribution is -2.54. The van der Waals surface area contributed by atoms with Crippen molar-refractivity contribution in [2.45, 2.75) is 45.2 Å². The van der Waals surface area contributed by atoms with E-state index in [2.05, 4.69) is 16.0 Å². The van der Waals surface area contributed by atoms with Gasteiger partial charge in [0.15, 0.2) is 0 Å². The van der Waals surface area contributed by atoms with Gasteiger partial charge < -0.3 is 32.5 Å². The van der Waals surface area contributed by atoms with Gasteiger partial charge in [0.05, 0.1) is 13.1 Å². The number of carboxylic acids is 1. The Balaban J connectivity index is 4.83. The third-order valence-corrected chi connectivity index (χ3v) is 3.46. The normalized spacial score (nSPS) is 13.0. The van der Waals surface area contributed by atoms with Crippen molar-refractivity contribution in [1.29, 1.82) is 0 Å². The van der Waals surface area contributed by atoms with E-state index in [1.165, 1.54) is 0 Å². The van der Waals surface area contributed by atoms with Gasteiger partial charge in [-0.2, -0.15) is 0 Å². The van der Waals surface area contributed by atoms with E-state index in [4.69, 9.17) is 16.6 Å². The number of unbranched alkanes of at least 4 members (excludes halogenated alkanes) is 1. The Morgan fingerprint density at radius 2 is 1.64 bits per heavy atom. The Hall–Kier alpha value is -2.20. The fourth-order valence-corrected chi connectivity index (χ4v) is 2.03. The SMILES string of the molecule is CC(C)C(NC(=O)C(CCCCN)NC(=O)CNC(=O)CN)C(=O)O. The molecule has 10 nitrogen and oxygen atoms in total. The Bertz CT molecular complexity index is 469. The summed E-state index contributed by atoms with van der Waals surface area (Å²) in [5.41, 5.74) is 10.5. The largest absolute Gasteiger partial charge is 0.480 e. The van der Waals surface area contributed by atoms with Crippen LogP contribution in [0.5, 0.6) is 0 Å². The second-order valence-corrected chi connectivity index (χ2v) is 5.95. The van der Waals surface area contributed by atoms with Crippen LogP contribution in [0.1, 0.15) is 33.1 Å². The highest BCUT2D eigenvalue weighted by Gasteiger charge is 2.28. The van der Waals surface area contributed by atoms with Crippen molar-refractivity contribution >= 4 is 23.7 Å². The van der Waals surface area contributed by atoms with Gasteiger partial charge in [-0.15, -0.1) is 0 Å². The van der Waals surface area contributed by atoms with Gasteiger partial charge in [0.2, 0.25) is 17.7 Å². The zero-order valence-corrected chi connectivity index (χ0v) is 14.7. The number of rotatable bonds is 12. The molecule has 3 amide bonds. The molecule has 25 heavy (non-hydrogen) atoms. The van der Waals surface area contributed by atoms with E-state index in [1.54, 1.807) is 13.8 Å². The zero-order valence-electron chi connectivity index (χ0n) is 14.7. The maximum atomic E-state index is 12.4. The number of carboxylic acid groups (broad SMARTS) is 1. The molecule has 8 N–H and O–H groups in total. The van der Waals surface area contributed by atoms with E-state index in [0.717, 1.165) is 0 Å². The maximum absolute atomic E-state index is 12.4. The van der Waals surface area contributed by atoms with Crippen molar-refractivity contribution in [3.63, 3.8) is 0 Å². The van der Waals surface area contributed by atoms with Gasteiger partial charge >= 0.3 is 5.97 Å². The van der Waals surface area contributed by atoms with Crippen LogP contribution in [-0.2, 0) is 19.2 Å². The smallest absolute Gasteiger partial charge is 0.326 e. The van der Waals surface area contributed by atoms with E-state index >= 15 is 0 Å². The summed E-state index contributed by atoms with van der Waals surface area (Å²) >= 11 is 0. The number of aliphatic carboxylic acids is 1. The van der Waals surface area contributed by atoms with Gasteiger partial charge in [0.1, 0.15) is 12.1 Å². The van der Waals surface area contributed by atoms with Crippen LogP contribution >= 0.6 is 0 Å². The molecule has 0 bridgehead atoms. The van der Waals surface area contributed by atoms with Crippen LogP contribution in [0.25, 0.3) is 0 Å². The average molecular weight is 359 g/mol. The molecule has 2 atom stereocenters. The molecule has 0 rings (SSSR count). The minimum Gasteiger partial charge on any atom is -0.480 e. The summed E-state index contributed by atoms with van der Waals surface area (Å²) in [4.78, 5) is 46.5. The van der Waals surface area contributed by atoms with Crippen LogP contribution in [0, 0.1) is 5.92 Å².